The second-order valence-corrected chi connectivity index (χ2v) is 7.21. The number of aliphatic hydroxyl groups excluding tert-OH is 1. The van der Waals surface area contributed by atoms with Gasteiger partial charge in [0.05, 0.1) is 11.8 Å². The van der Waals surface area contributed by atoms with Crippen LogP contribution in [0.4, 0.5) is 0 Å². The molecule has 0 saturated heterocycles. The van der Waals surface area contributed by atoms with Crippen molar-refractivity contribution >= 4 is 17.8 Å². The van der Waals surface area contributed by atoms with Gasteiger partial charge in [0.1, 0.15) is 23.3 Å². The molecule has 1 atom stereocenters. The fourth-order valence-corrected chi connectivity index (χ4v) is 3.67. The number of allylic oxidation sites excluding steroid dienone is 1. The Bertz CT molecular complexity index is 935. The van der Waals surface area contributed by atoms with E-state index in [-0.39, 0.29) is 5.57 Å². The van der Waals surface area contributed by atoms with E-state index in [2.05, 4.69) is 18.7 Å². The quantitative estimate of drug-likeness (QED) is 0.596. The number of rotatable bonds is 10. The maximum atomic E-state index is 12.9. The molecule has 3 heterocycles. The Balaban J connectivity index is 1.86. The topological polar surface area (TPSA) is 87.1 Å². The zero-order chi connectivity index (χ0) is 21.7. The summed E-state index contributed by atoms with van der Waals surface area (Å²) < 4.78 is 11.0. The Hall–Kier alpha value is -3.06. The average molecular weight is 412 g/mol. The van der Waals surface area contributed by atoms with E-state index in [0.717, 1.165) is 26.1 Å². The van der Waals surface area contributed by atoms with E-state index in [1.54, 1.807) is 31.2 Å². The van der Waals surface area contributed by atoms with Gasteiger partial charge in [0.25, 0.3) is 5.91 Å². The Morgan fingerprint density at radius 3 is 2.63 bits per heavy atom. The molecule has 30 heavy (non-hydrogen) atoms. The number of furan rings is 2. The molecule has 1 amide bonds. The molecule has 0 fully saturated rings. The summed E-state index contributed by atoms with van der Waals surface area (Å²) in [6.07, 6.45) is 5.05. The number of carbonyl (C=O) groups is 2. The molecule has 0 spiro atoms. The summed E-state index contributed by atoms with van der Waals surface area (Å²) in [5.74, 6) is 0.110. The third kappa shape index (κ3) is 4.57. The molecule has 2 aromatic rings. The van der Waals surface area contributed by atoms with E-state index in [1.807, 2.05) is 0 Å². The number of carbonyl (C=O) groups excluding carboxylic acids is 2. The highest BCUT2D eigenvalue weighted by molar-refractivity contribution is 6.14. The predicted octanol–water partition coefficient (Wildman–Crippen LogP) is 3.89. The van der Waals surface area contributed by atoms with Crippen molar-refractivity contribution in [3.8, 4) is 0 Å². The van der Waals surface area contributed by atoms with E-state index in [0.29, 0.717) is 23.8 Å². The average Bonchev–Trinajstić information content (AvgIpc) is 3.46. The number of nitrogens with zero attached hydrogens (tertiary/aromatic N) is 2. The second kappa shape index (κ2) is 9.63. The highest BCUT2D eigenvalue weighted by Crippen LogP contribution is 2.38. The lowest BCUT2D eigenvalue weighted by Crippen LogP contribution is -2.34. The molecule has 7 heteroatoms. The Kier molecular flexibility index (Phi) is 6.95. The number of hydrogen-bond donors (Lipinski definition) is 1. The van der Waals surface area contributed by atoms with Gasteiger partial charge in [-0.2, -0.15) is 0 Å². The lowest BCUT2D eigenvalue weighted by atomic mass is 10.0. The largest absolute Gasteiger partial charge is 0.503 e. The fourth-order valence-electron chi connectivity index (χ4n) is 3.67. The number of hydrogen-bond acceptors (Lipinski definition) is 6. The smallest absolute Gasteiger partial charge is 0.290 e. The van der Waals surface area contributed by atoms with Gasteiger partial charge in [0, 0.05) is 6.54 Å². The van der Waals surface area contributed by atoms with Crippen molar-refractivity contribution in [3.63, 3.8) is 0 Å². The summed E-state index contributed by atoms with van der Waals surface area (Å²) in [6.45, 7) is 9.06. The predicted molar refractivity (Wildman–Crippen MR) is 113 cm³/mol. The van der Waals surface area contributed by atoms with E-state index in [1.165, 1.54) is 23.3 Å². The molecular formula is C23H28N2O5. The Labute approximate surface area is 176 Å². The first kappa shape index (κ1) is 21.6. The number of amides is 1. The van der Waals surface area contributed by atoms with Crippen molar-refractivity contribution < 1.29 is 23.5 Å². The molecule has 0 radical (unpaired) electrons. The Morgan fingerprint density at radius 2 is 2.03 bits per heavy atom. The molecule has 1 unspecified atom stereocenters. The number of aryl methyl sites for hydroxylation is 1. The highest BCUT2D eigenvalue weighted by atomic mass is 16.3. The third-order valence-electron chi connectivity index (χ3n) is 5.31. The summed E-state index contributed by atoms with van der Waals surface area (Å²) in [5, 5.41) is 10.6. The molecule has 0 aliphatic carbocycles. The van der Waals surface area contributed by atoms with E-state index >= 15 is 0 Å². The van der Waals surface area contributed by atoms with Gasteiger partial charge in [0.2, 0.25) is 0 Å². The SMILES string of the molecule is CCN(CC)CCCN1C(=O)C(O)=C(C(=O)/C=C/c2ccco2)C1c1ccc(C)o1. The molecule has 1 aliphatic heterocycles. The molecule has 160 valence electrons. The van der Waals surface area contributed by atoms with Crippen LogP contribution in [-0.2, 0) is 9.59 Å². The minimum Gasteiger partial charge on any atom is -0.503 e. The molecule has 0 saturated carbocycles. The summed E-state index contributed by atoms with van der Waals surface area (Å²) in [4.78, 5) is 29.5. The van der Waals surface area contributed by atoms with Crippen LogP contribution in [0.5, 0.6) is 0 Å². The summed E-state index contributed by atoms with van der Waals surface area (Å²) >= 11 is 0. The van der Waals surface area contributed by atoms with Crippen molar-refractivity contribution in [2.45, 2.75) is 33.2 Å². The molecule has 1 aliphatic rings. The van der Waals surface area contributed by atoms with Crippen LogP contribution in [0.15, 0.2) is 56.8 Å². The summed E-state index contributed by atoms with van der Waals surface area (Å²) in [5.41, 5.74) is 0.0278. The van der Waals surface area contributed by atoms with Crippen LogP contribution < -0.4 is 0 Å². The van der Waals surface area contributed by atoms with Crippen LogP contribution in [0.3, 0.4) is 0 Å². The summed E-state index contributed by atoms with van der Waals surface area (Å²) in [7, 11) is 0. The molecule has 1 N–H and O–H groups in total. The third-order valence-corrected chi connectivity index (χ3v) is 5.31. The van der Waals surface area contributed by atoms with Gasteiger partial charge in [-0.25, -0.2) is 0 Å². The number of aliphatic hydroxyl groups is 1. The standard InChI is InChI=1S/C23H28N2O5/c1-4-24(5-2)13-7-14-25-21(19-12-9-16(3)30-19)20(22(27)23(25)28)18(26)11-10-17-8-6-15-29-17/h6,8-12,15,21,27H,4-5,7,13-14H2,1-3H3/b11-10+. The van der Waals surface area contributed by atoms with Crippen molar-refractivity contribution in [3.05, 3.63) is 65.2 Å². The molecule has 0 bridgehead atoms. The maximum absolute atomic E-state index is 12.9. The van der Waals surface area contributed by atoms with Crippen molar-refractivity contribution in [1.29, 1.82) is 0 Å². The molecule has 0 aromatic carbocycles. The van der Waals surface area contributed by atoms with Gasteiger partial charge in [-0.15, -0.1) is 0 Å². The van der Waals surface area contributed by atoms with Gasteiger partial charge >= 0.3 is 0 Å². The van der Waals surface area contributed by atoms with Gasteiger partial charge in [0.15, 0.2) is 11.5 Å². The van der Waals surface area contributed by atoms with Crippen LogP contribution in [0, 0.1) is 6.92 Å². The number of ketones is 1. The first-order valence-corrected chi connectivity index (χ1v) is 10.2. The minimum atomic E-state index is -0.753. The Morgan fingerprint density at radius 1 is 1.27 bits per heavy atom. The fraction of sp³-hybridized carbons (Fsp3) is 0.391. The van der Waals surface area contributed by atoms with Gasteiger partial charge in [-0.05, 0) is 69.4 Å². The lowest BCUT2D eigenvalue weighted by molar-refractivity contribution is -0.129. The van der Waals surface area contributed by atoms with Gasteiger partial charge < -0.3 is 23.7 Å². The highest BCUT2D eigenvalue weighted by Gasteiger charge is 2.44. The van der Waals surface area contributed by atoms with E-state index in [4.69, 9.17) is 8.83 Å². The second-order valence-electron chi connectivity index (χ2n) is 7.21. The molecule has 7 nitrogen and oxygen atoms in total. The van der Waals surface area contributed by atoms with E-state index in [9.17, 15) is 14.7 Å². The minimum absolute atomic E-state index is 0.0278. The molecular weight excluding hydrogens is 384 g/mol. The van der Waals surface area contributed by atoms with Crippen molar-refractivity contribution in [2.24, 2.45) is 0 Å². The van der Waals surface area contributed by atoms with Gasteiger partial charge in [-0.3, -0.25) is 9.59 Å². The molecule has 3 rings (SSSR count). The van der Waals surface area contributed by atoms with Crippen LogP contribution in [-0.4, -0.2) is 52.8 Å². The van der Waals surface area contributed by atoms with Gasteiger partial charge in [-0.1, -0.05) is 13.8 Å². The first-order valence-electron chi connectivity index (χ1n) is 10.2. The van der Waals surface area contributed by atoms with Crippen LogP contribution >= 0.6 is 0 Å². The maximum Gasteiger partial charge on any atom is 0.290 e. The molecule has 2 aromatic heterocycles. The summed E-state index contributed by atoms with van der Waals surface area (Å²) in [6, 6.07) is 6.20. The lowest BCUT2D eigenvalue weighted by Gasteiger charge is -2.26. The van der Waals surface area contributed by atoms with Crippen LogP contribution in [0.2, 0.25) is 0 Å². The van der Waals surface area contributed by atoms with Crippen molar-refractivity contribution in [2.75, 3.05) is 26.2 Å². The van der Waals surface area contributed by atoms with Crippen LogP contribution in [0.25, 0.3) is 6.08 Å². The van der Waals surface area contributed by atoms with Crippen LogP contribution in [0.1, 0.15) is 43.6 Å². The zero-order valence-corrected chi connectivity index (χ0v) is 17.6. The van der Waals surface area contributed by atoms with Crippen molar-refractivity contribution in [1.82, 2.24) is 9.80 Å². The normalized spacial score (nSPS) is 17.1. The zero-order valence-electron chi connectivity index (χ0n) is 17.6. The monoisotopic (exact) mass is 412 g/mol. The van der Waals surface area contributed by atoms with E-state index < -0.39 is 23.5 Å². The first-order chi connectivity index (χ1) is 14.5.